The summed E-state index contributed by atoms with van der Waals surface area (Å²) in [6.07, 6.45) is 7.65. The van der Waals surface area contributed by atoms with Gasteiger partial charge in [-0.1, -0.05) is 58.9 Å². The van der Waals surface area contributed by atoms with Crippen LogP contribution in [0.5, 0.6) is 0 Å². The summed E-state index contributed by atoms with van der Waals surface area (Å²) in [5.74, 6) is 0. The Morgan fingerprint density at radius 1 is 1.04 bits per heavy atom. The zero-order valence-electron chi connectivity index (χ0n) is 17.8. The number of halogens is 1. The third-order valence-corrected chi connectivity index (χ3v) is 6.59. The van der Waals surface area contributed by atoms with E-state index in [1.807, 2.05) is 0 Å². The molecule has 1 aromatic carbocycles. The summed E-state index contributed by atoms with van der Waals surface area (Å²) >= 11 is 0. The third-order valence-electron chi connectivity index (χ3n) is 6.59. The minimum absolute atomic E-state index is 0. The Bertz CT molecular complexity index is 706. The molecule has 3 heteroatoms. The number of rotatable bonds is 4. The van der Waals surface area contributed by atoms with E-state index in [1.54, 1.807) is 5.57 Å². The van der Waals surface area contributed by atoms with Crippen molar-refractivity contribution in [2.75, 3.05) is 24.5 Å². The predicted octanol–water partition coefficient (Wildman–Crippen LogP) is 6.01. The molecule has 0 aromatic heterocycles. The van der Waals surface area contributed by atoms with Gasteiger partial charge in [0.25, 0.3) is 0 Å². The predicted molar refractivity (Wildman–Crippen MR) is 120 cm³/mol. The molecular formula is C24H37ClN2. The molecule has 2 aliphatic heterocycles. The lowest BCUT2D eigenvalue weighted by Gasteiger charge is -2.41. The van der Waals surface area contributed by atoms with Crippen molar-refractivity contribution in [3.63, 3.8) is 0 Å². The number of allylic oxidation sites excluding steroid dienone is 2. The average molecular weight is 389 g/mol. The Labute approximate surface area is 172 Å². The van der Waals surface area contributed by atoms with Crippen LogP contribution in [0.15, 0.2) is 30.3 Å². The molecule has 3 aliphatic rings. The molecule has 2 fully saturated rings. The van der Waals surface area contributed by atoms with Crippen molar-refractivity contribution in [3.05, 3.63) is 35.9 Å². The molecule has 150 valence electrons. The number of hydrogen-bond acceptors (Lipinski definition) is 2. The summed E-state index contributed by atoms with van der Waals surface area (Å²) in [6, 6.07) is 10.7. The van der Waals surface area contributed by atoms with Crippen LogP contribution < -0.4 is 4.90 Å². The Morgan fingerprint density at radius 2 is 1.78 bits per heavy atom. The van der Waals surface area contributed by atoms with Gasteiger partial charge in [-0.2, -0.15) is 0 Å². The lowest BCUT2D eigenvalue weighted by Crippen LogP contribution is -2.46. The number of hydrogen-bond donors (Lipinski definition) is 0. The smallest absolute Gasteiger partial charge is 0.0446 e. The summed E-state index contributed by atoms with van der Waals surface area (Å²) in [4.78, 5) is 5.44. The highest BCUT2D eigenvalue weighted by Gasteiger charge is 2.43. The molecule has 2 nitrogen and oxygen atoms in total. The number of fused-ring (bicyclic) bond motifs is 2. The van der Waals surface area contributed by atoms with Gasteiger partial charge in [0.1, 0.15) is 0 Å². The van der Waals surface area contributed by atoms with Gasteiger partial charge >= 0.3 is 0 Å². The van der Waals surface area contributed by atoms with Crippen molar-refractivity contribution in [1.29, 1.82) is 0 Å². The summed E-state index contributed by atoms with van der Waals surface area (Å²) < 4.78 is 0. The molecular weight excluding hydrogens is 352 g/mol. The summed E-state index contributed by atoms with van der Waals surface area (Å²) in [7, 11) is 0. The average Bonchev–Trinajstić information content (AvgIpc) is 3.12. The van der Waals surface area contributed by atoms with Crippen molar-refractivity contribution in [1.82, 2.24) is 4.90 Å². The zero-order chi connectivity index (χ0) is 18.5. The fourth-order valence-electron chi connectivity index (χ4n) is 6.16. The number of nitrogens with zero attached hydrogens (tertiary/aromatic N) is 2. The molecule has 1 aliphatic carbocycles. The van der Waals surface area contributed by atoms with Gasteiger partial charge < -0.3 is 4.90 Å². The van der Waals surface area contributed by atoms with Crippen LogP contribution in [0.2, 0.25) is 0 Å². The molecule has 2 heterocycles. The van der Waals surface area contributed by atoms with Crippen molar-refractivity contribution >= 4 is 23.7 Å². The summed E-state index contributed by atoms with van der Waals surface area (Å²) in [5, 5.41) is 0. The topological polar surface area (TPSA) is 6.48 Å². The molecule has 2 atom stereocenters. The van der Waals surface area contributed by atoms with Crippen molar-refractivity contribution in [2.45, 2.75) is 72.4 Å². The van der Waals surface area contributed by atoms with Crippen LogP contribution in [0.1, 0.15) is 65.9 Å². The standard InChI is InChI=1S/C24H36N2.ClH/c1-6-11-25-15-20-12-19(25)16-26(20)22-10-8-7-9-21(22)18-13-23(2,3)17-24(4,5)14-18;/h7-10,13,19-20H,6,11-12,14-17H2,1-5H3;1H. The van der Waals surface area contributed by atoms with Crippen LogP contribution in [-0.2, 0) is 0 Å². The van der Waals surface area contributed by atoms with Crippen LogP contribution >= 0.6 is 12.4 Å². The largest absolute Gasteiger partial charge is 0.365 e. The minimum Gasteiger partial charge on any atom is -0.365 e. The van der Waals surface area contributed by atoms with Crippen LogP contribution in [0, 0.1) is 10.8 Å². The minimum atomic E-state index is 0. The Balaban J connectivity index is 0.00000210. The van der Waals surface area contributed by atoms with Gasteiger partial charge in [-0.05, 0) is 54.7 Å². The van der Waals surface area contributed by atoms with Crippen molar-refractivity contribution in [3.8, 4) is 0 Å². The van der Waals surface area contributed by atoms with Crippen LogP contribution in [0.4, 0.5) is 5.69 Å². The molecule has 1 aromatic rings. The molecule has 2 saturated heterocycles. The summed E-state index contributed by atoms with van der Waals surface area (Å²) in [5.41, 5.74) is 5.20. The Hall–Kier alpha value is -0.990. The lowest BCUT2D eigenvalue weighted by molar-refractivity contribution is 0.228. The van der Waals surface area contributed by atoms with Gasteiger partial charge in [-0.15, -0.1) is 12.4 Å². The molecule has 2 unspecified atom stereocenters. The van der Waals surface area contributed by atoms with Crippen molar-refractivity contribution in [2.24, 2.45) is 10.8 Å². The number of anilines is 1. The first-order valence-electron chi connectivity index (χ1n) is 10.6. The summed E-state index contributed by atoms with van der Waals surface area (Å²) in [6.45, 7) is 15.7. The van der Waals surface area contributed by atoms with E-state index in [0.29, 0.717) is 11.5 Å². The maximum Gasteiger partial charge on any atom is 0.0446 e. The second-order valence-electron chi connectivity index (χ2n) is 10.4. The molecule has 0 N–H and O–H groups in total. The fraction of sp³-hybridized carbons (Fsp3) is 0.667. The van der Waals surface area contributed by atoms with Crippen LogP contribution in [0.25, 0.3) is 5.57 Å². The first kappa shape index (κ1) is 20.7. The SMILES string of the molecule is CCCN1CC2CC1CN2c1ccccc1C1=CC(C)(C)CC(C)(C)C1.Cl. The van der Waals surface area contributed by atoms with Gasteiger partial charge in [0.2, 0.25) is 0 Å². The highest BCUT2D eigenvalue weighted by atomic mass is 35.5. The van der Waals surface area contributed by atoms with Gasteiger partial charge in [0, 0.05) is 36.4 Å². The maximum atomic E-state index is 2.72. The molecule has 0 spiro atoms. The van der Waals surface area contributed by atoms with E-state index in [-0.39, 0.29) is 17.8 Å². The third kappa shape index (κ3) is 4.07. The van der Waals surface area contributed by atoms with E-state index in [4.69, 9.17) is 0 Å². The van der Waals surface area contributed by atoms with E-state index >= 15 is 0 Å². The number of likely N-dealkylation sites (tertiary alicyclic amines) is 1. The Kier molecular flexibility index (Phi) is 5.72. The molecule has 4 rings (SSSR count). The van der Waals surface area contributed by atoms with Gasteiger partial charge in [-0.25, -0.2) is 0 Å². The van der Waals surface area contributed by atoms with E-state index in [2.05, 4.69) is 74.8 Å². The zero-order valence-corrected chi connectivity index (χ0v) is 18.6. The first-order chi connectivity index (χ1) is 12.3. The number of para-hydroxylation sites is 1. The first-order valence-corrected chi connectivity index (χ1v) is 10.6. The quantitative estimate of drug-likeness (QED) is 0.623. The van der Waals surface area contributed by atoms with Gasteiger partial charge in [0.15, 0.2) is 0 Å². The number of benzene rings is 1. The highest BCUT2D eigenvalue weighted by Crippen LogP contribution is 2.49. The maximum absolute atomic E-state index is 2.72. The Morgan fingerprint density at radius 3 is 2.41 bits per heavy atom. The van der Waals surface area contributed by atoms with Gasteiger partial charge in [0.05, 0.1) is 0 Å². The van der Waals surface area contributed by atoms with E-state index in [1.165, 1.54) is 56.6 Å². The second-order valence-corrected chi connectivity index (χ2v) is 10.4. The van der Waals surface area contributed by atoms with E-state index < -0.39 is 0 Å². The monoisotopic (exact) mass is 388 g/mol. The normalized spacial score (nSPS) is 28.8. The van der Waals surface area contributed by atoms with Crippen LogP contribution in [-0.4, -0.2) is 36.6 Å². The van der Waals surface area contributed by atoms with E-state index in [0.717, 1.165) is 6.04 Å². The molecule has 2 bridgehead atoms. The fourth-order valence-corrected chi connectivity index (χ4v) is 6.16. The van der Waals surface area contributed by atoms with Crippen LogP contribution in [0.3, 0.4) is 0 Å². The molecule has 0 saturated carbocycles. The van der Waals surface area contributed by atoms with Crippen molar-refractivity contribution < 1.29 is 0 Å². The second kappa shape index (κ2) is 7.44. The molecule has 0 amide bonds. The molecule has 27 heavy (non-hydrogen) atoms. The number of piperazine rings is 1. The van der Waals surface area contributed by atoms with E-state index in [9.17, 15) is 0 Å². The lowest BCUT2D eigenvalue weighted by atomic mass is 9.65. The molecule has 0 radical (unpaired) electrons. The highest BCUT2D eigenvalue weighted by molar-refractivity contribution is 5.85. The van der Waals surface area contributed by atoms with Gasteiger partial charge in [-0.3, -0.25) is 4.90 Å².